The van der Waals surface area contributed by atoms with Crippen molar-refractivity contribution in [2.45, 2.75) is 6.92 Å². The number of amides is 1. The maximum atomic E-state index is 11.7. The van der Waals surface area contributed by atoms with Crippen LogP contribution in [-0.2, 0) is 4.79 Å². The van der Waals surface area contributed by atoms with Gasteiger partial charge in [0.15, 0.2) is 0 Å². The highest BCUT2D eigenvalue weighted by Crippen LogP contribution is 2.24. The summed E-state index contributed by atoms with van der Waals surface area (Å²) in [6.07, 6.45) is 2.92. The van der Waals surface area contributed by atoms with Gasteiger partial charge in [-0.3, -0.25) is 14.9 Å². The number of benzene rings is 1. The van der Waals surface area contributed by atoms with E-state index in [1.165, 1.54) is 12.1 Å². The van der Waals surface area contributed by atoms with Gasteiger partial charge in [0.2, 0.25) is 5.91 Å². The molecule has 102 valence electrons. The molecule has 0 saturated carbocycles. The molecule has 1 aromatic heterocycles. The van der Waals surface area contributed by atoms with E-state index in [2.05, 4.69) is 5.32 Å². The van der Waals surface area contributed by atoms with Crippen LogP contribution in [0.15, 0.2) is 42.5 Å². The van der Waals surface area contributed by atoms with E-state index in [0.717, 1.165) is 22.6 Å². The first-order chi connectivity index (χ1) is 9.54. The third-order valence-electron chi connectivity index (χ3n) is 2.48. The topological polar surface area (TPSA) is 72.2 Å². The third-order valence-corrected chi connectivity index (χ3v) is 3.48. The van der Waals surface area contributed by atoms with Crippen LogP contribution in [0, 0.1) is 17.0 Å². The summed E-state index contributed by atoms with van der Waals surface area (Å²) in [6.45, 7) is 1.94. The fourth-order valence-electron chi connectivity index (χ4n) is 1.59. The molecule has 1 aromatic carbocycles. The molecule has 0 saturated heterocycles. The molecular weight excluding hydrogens is 276 g/mol. The van der Waals surface area contributed by atoms with Crippen molar-refractivity contribution in [3.8, 4) is 0 Å². The number of nitro groups is 1. The van der Waals surface area contributed by atoms with Crippen molar-refractivity contribution in [2.24, 2.45) is 0 Å². The number of hydrogen-bond acceptors (Lipinski definition) is 4. The second-order valence-electron chi connectivity index (χ2n) is 4.13. The summed E-state index contributed by atoms with van der Waals surface area (Å²) >= 11 is 1.03. The minimum absolute atomic E-state index is 0.0590. The molecule has 1 heterocycles. The van der Waals surface area contributed by atoms with Gasteiger partial charge in [-0.25, -0.2) is 0 Å². The Bertz CT molecular complexity index is 677. The molecule has 0 spiro atoms. The number of nitrogens with one attached hydrogen (secondary N) is 1. The Balaban J connectivity index is 2.00. The summed E-state index contributed by atoms with van der Waals surface area (Å²) in [7, 11) is 0. The Labute approximate surface area is 119 Å². The second-order valence-corrected chi connectivity index (χ2v) is 5.22. The van der Waals surface area contributed by atoms with Crippen LogP contribution in [0.25, 0.3) is 6.08 Å². The quantitative estimate of drug-likeness (QED) is 0.530. The van der Waals surface area contributed by atoms with Crippen LogP contribution in [0.5, 0.6) is 0 Å². The summed E-state index contributed by atoms with van der Waals surface area (Å²) in [5.74, 6) is -0.272. The monoisotopic (exact) mass is 288 g/mol. The third kappa shape index (κ3) is 3.76. The average Bonchev–Trinajstić information content (AvgIpc) is 2.85. The number of nitrogens with zero attached hydrogens (tertiary/aromatic N) is 1. The van der Waals surface area contributed by atoms with E-state index in [1.54, 1.807) is 18.2 Å². The SMILES string of the molecule is Cc1cccc(NC(=O)C=Cc2ccc([N+](=O)[O-])s2)c1. The lowest BCUT2D eigenvalue weighted by Crippen LogP contribution is -2.07. The van der Waals surface area contributed by atoms with Gasteiger partial charge in [0.25, 0.3) is 0 Å². The summed E-state index contributed by atoms with van der Waals surface area (Å²) in [5, 5.41) is 13.3. The largest absolute Gasteiger partial charge is 0.324 e. The van der Waals surface area contributed by atoms with Crippen molar-refractivity contribution in [2.75, 3.05) is 5.32 Å². The molecule has 0 aliphatic carbocycles. The van der Waals surface area contributed by atoms with E-state index in [9.17, 15) is 14.9 Å². The summed E-state index contributed by atoms with van der Waals surface area (Å²) in [5.41, 5.74) is 1.78. The van der Waals surface area contributed by atoms with Crippen LogP contribution in [0.1, 0.15) is 10.4 Å². The van der Waals surface area contributed by atoms with Crippen molar-refractivity contribution >= 4 is 34.0 Å². The van der Waals surface area contributed by atoms with Gasteiger partial charge in [-0.15, -0.1) is 0 Å². The van der Waals surface area contributed by atoms with Gasteiger partial charge < -0.3 is 5.32 Å². The van der Waals surface area contributed by atoms with Crippen LogP contribution < -0.4 is 5.32 Å². The van der Waals surface area contributed by atoms with Crippen molar-refractivity contribution in [1.29, 1.82) is 0 Å². The molecular formula is C14H12N2O3S. The molecule has 2 aromatic rings. The lowest BCUT2D eigenvalue weighted by molar-refractivity contribution is -0.380. The second kappa shape index (κ2) is 6.12. The summed E-state index contributed by atoms with van der Waals surface area (Å²) in [4.78, 5) is 22.5. The highest BCUT2D eigenvalue weighted by atomic mass is 32.1. The van der Waals surface area contributed by atoms with Gasteiger partial charge in [0, 0.05) is 22.7 Å². The summed E-state index contributed by atoms with van der Waals surface area (Å²) in [6, 6.07) is 10.5. The molecule has 6 heteroatoms. The van der Waals surface area contributed by atoms with Gasteiger partial charge in [-0.2, -0.15) is 0 Å². The molecule has 0 atom stereocenters. The highest BCUT2D eigenvalue weighted by Gasteiger charge is 2.07. The van der Waals surface area contributed by atoms with Crippen LogP contribution in [0.4, 0.5) is 10.7 Å². The zero-order valence-electron chi connectivity index (χ0n) is 10.7. The number of carbonyl (C=O) groups excluding carboxylic acids is 1. The van der Waals surface area contributed by atoms with Crippen molar-refractivity contribution < 1.29 is 9.72 Å². The Morgan fingerprint density at radius 2 is 2.15 bits per heavy atom. The van der Waals surface area contributed by atoms with Gasteiger partial charge >= 0.3 is 5.00 Å². The number of thiophene rings is 1. The van der Waals surface area contributed by atoms with Crippen molar-refractivity contribution in [3.05, 3.63) is 63.0 Å². The zero-order valence-corrected chi connectivity index (χ0v) is 11.5. The van der Waals surface area contributed by atoms with Gasteiger partial charge in [-0.05, 0) is 36.8 Å². The normalized spacial score (nSPS) is 10.7. The minimum Gasteiger partial charge on any atom is -0.323 e. The maximum Gasteiger partial charge on any atom is 0.324 e. The smallest absolute Gasteiger partial charge is 0.323 e. The maximum absolute atomic E-state index is 11.7. The van der Waals surface area contributed by atoms with E-state index >= 15 is 0 Å². The molecule has 20 heavy (non-hydrogen) atoms. The predicted molar refractivity (Wildman–Crippen MR) is 79.8 cm³/mol. The molecule has 5 nitrogen and oxygen atoms in total. The van der Waals surface area contributed by atoms with E-state index in [0.29, 0.717) is 4.88 Å². The predicted octanol–water partition coefficient (Wildman–Crippen LogP) is 3.62. The first kappa shape index (κ1) is 14.0. The van der Waals surface area contributed by atoms with Crippen molar-refractivity contribution in [3.63, 3.8) is 0 Å². The van der Waals surface area contributed by atoms with E-state index in [-0.39, 0.29) is 10.9 Å². The number of aryl methyl sites for hydroxylation is 1. The molecule has 1 amide bonds. The Kier molecular flexibility index (Phi) is 4.27. The molecule has 1 N–H and O–H groups in total. The Morgan fingerprint density at radius 1 is 1.35 bits per heavy atom. The van der Waals surface area contributed by atoms with Gasteiger partial charge in [-0.1, -0.05) is 23.5 Å². The van der Waals surface area contributed by atoms with Crippen LogP contribution in [-0.4, -0.2) is 10.8 Å². The average molecular weight is 288 g/mol. The standard InChI is InChI=1S/C14H12N2O3S/c1-10-3-2-4-11(9-10)15-13(17)7-5-12-6-8-14(20-12)16(18)19/h2-9H,1H3,(H,15,17). The fraction of sp³-hybridized carbons (Fsp3) is 0.0714. The highest BCUT2D eigenvalue weighted by molar-refractivity contribution is 7.16. The first-order valence-corrected chi connectivity index (χ1v) is 6.66. The number of anilines is 1. The molecule has 0 fully saturated rings. The minimum atomic E-state index is -0.450. The van der Waals surface area contributed by atoms with Gasteiger partial charge in [0.1, 0.15) is 0 Å². The van der Waals surface area contributed by atoms with Crippen LogP contribution in [0.3, 0.4) is 0 Å². The summed E-state index contributed by atoms with van der Waals surface area (Å²) < 4.78 is 0. The Morgan fingerprint density at radius 3 is 2.80 bits per heavy atom. The molecule has 0 bridgehead atoms. The molecule has 2 rings (SSSR count). The number of carbonyl (C=O) groups is 1. The van der Waals surface area contributed by atoms with Crippen LogP contribution in [0.2, 0.25) is 0 Å². The van der Waals surface area contributed by atoms with E-state index in [1.807, 2.05) is 25.1 Å². The number of hydrogen-bond donors (Lipinski definition) is 1. The lowest BCUT2D eigenvalue weighted by Gasteiger charge is -2.02. The molecule has 0 aliphatic heterocycles. The molecule has 0 aliphatic rings. The molecule has 0 unspecified atom stereocenters. The van der Waals surface area contributed by atoms with E-state index in [4.69, 9.17) is 0 Å². The lowest BCUT2D eigenvalue weighted by atomic mass is 10.2. The van der Waals surface area contributed by atoms with E-state index < -0.39 is 4.92 Å². The van der Waals surface area contributed by atoms with Gasteiger partial charge in [0.05, 0.1) is 4.92 Å². The van der Waals surface area contributed by atoms with Crippen molar-refractivity contribution in [1.82, 2.24) is 0 Å². The Hall–Kier alpha value is -2.47. The van der Waals surface area contributed by atoms with Crippen LogP contribution >= 0.6 is 11.3 Å². The molecule has 0 radical (unpaired) electrons. The first-order valence-electron chi connectivity index (χ1n) is 5.84. The fourth-order valence-corrected chi connectivity index (χ4v) is 2.32. The number of rotatable bonds is 4. The zero-order chi connectivity index (χ0) is 14.5.